The van der Waals surface area contributed by atoms with Crippen LogP contribution in [-0.2, 0) is 4.74 Å². The number of ether oxygens (including phenoxy) is 1. The highest BCUT2D eigenvalue weighted by Gasteiger charge is 2.16. The highest BCUT2D eigenvalue weighted by Crippen LogP contribution is 2.32. The molecule has 18 heavy (non-hydrogen) atoms. The number of hydrogen-bond donors (Lipinski definition) is 0. The molecule has 0 atom stereocenters. The predicted molar refractivity (Wildman–Crippen MR) is 76.3 cm³/mol. The quantitative estimate of drug-likeness (QED) is 0.760. The molecule has 0 radical (unpaired) electrons. The number of thiazole rings is 1. The summed E-state index contributed by atoms with van der Waals surface area (Å²) in [5.74, 6) is -0.418. The van der Waals surface area contributed by atoms with Crippen molar-refractivity contribution in [2.45, 2.75) is 6.92 Å². The second kappa shape index (κ2) is 5.38. The van der Waals surface area contributed by atoms with E-state index in [0.29, 0.717) is 10.7 Å². The molecule has 0 spiro atoms. The van der Waals surface area contributed by atoms with E-state index in [1.165, 1.54) is 18.4 Å². The first-order chi connectivity index (χ1) is 8.52. The van der Waals surface area contributed by atoms with Crippen LogP contribution in [0.1, 0.15) is 15.4 Å². The molecule has 3 nitrogen and oxygen atoms in total. The second-order valence-corrected chi connectivity index (χ2v) is 6.01. The van der Waals surface area contributed by atoms with Gasteiger partial charge in [0, 0.05) is 14.9 Å². The molecule has 1 heterocycles. The zero-order valence-electron chi connectivity index (χ0n) is 9.66. The van der Waals surface area contributed by atoms with Crippen LogP contribution < -0.4 is 0 Å². The number of methoxy groups -OCH3 is 1. The normalized spacial score (nSPS) is 10.4. The molecule has 0 aliphatic heterocycles. The van der Waals surface area contributed by atoms with Gasteiger partial charge >= 0.3 is 5.97 Å². The Kier molecular flexibility index (Phi) is 4.04. The molecule has 0 fully saturated rings. The molecule has 0 aliphatic rings. The van der Waals surface area contributed by atoms with Crippen molar-refractivity contribution in [2.24, 2.45) is 0 Å². The summed E-state index contributed by atoms with van der Waals surface area (Å²) in [6, 6.07) is 5.56. The maximum absolute atomic E-state index is 11.5. The summed E-state index contributed by atoms with van der Waals surface area (Å²) < 4.78 is 5.51. The van der Waals surface area contributed by atoms with Crippen LogP contribution in [0, 0.1) is 6.92 Å². The van der Waals surface area contributed by atoms with Crippen molar-refractivity contribution in [3.05, 3.63) is 38.3 Å². The van der Waals surface area contributed by atoms with E-state index in [0.717, 1.165) is 19.9 Å². The Labute approximate surface area is 122 Å². The first-order valence-corrected chi connectivity index (χ1v) is 7.03. The lowest BCUT2D eigenvalue weighted by Gasteiger charge is -1.99. The molecule has 2 aromatic rings. The molecule has 1 aromatic carbocycles. The Morgan fingerprint density at radius 1 is 1.50 bits per heavy atom. The van der Waals surface area contributed by atoms with E-state index >= 15 is 0 Å². The Morgan fingerprint density at radius 2 is 2.22 bits per heavy atom. The largest absolute Gasteiger partial charge is 0.464 e. The number of benzene rings is 1. The highest BCUT2D eigenvalue weighted by molar-refractivity contribution is 9.10. The molecule has 1 aromatic heterocycles. The minimum atomic E-state index is -0.418. The Bertz CT molecular complexity index is 612. The van der Waals surface area contributed by atoms with Crippen LogP contribution in [-0.4, -0.2) is 18.1 Å². The Balaban J connectivity index is 2.45. The van der Waals surface area contributed by atoms with Crippen molar-refractivity contribution in [3.8, 4) is 10.6 Å². The average molecular weight is 347 g/mol. The number of aromatic nitrogens is 1. The minimum Gasteiger partial charge on any atom is -0.464 e. The molecule has 0 aliphatic carbocycles. The van der Waals surface area contributed by atoms with Gasteiger partial charge in [-0.15, -0.1) is 11.3 Å². The van der Waals surface area contributed by atoms with Crippen LogP contribution in [0.15, 0.2) is 22.7 Å². The Morgan fingerprint density at radius 3 is 2.83 bits per heavy atom. The highest BCUT2D eigenvalue weighted by atomic mass is 79.9. The van der Waals surface area contributed by atoms with Gasteiger partial charge in [0.2, 0.25) is 0 Å². The van der Waals surface area contributed by atoms with Crippen molar-refractivity contribution in [2.75, 3.05) is 7.11 Å². The lowest BCUT2D eigenvalue weighted by Crippen LogP contribution is -2.03. The van der Waals surface area contributed by atoms with Gasteiger partial charge in [0.25, 0.3) is 0 Å². The maximum Gasteiger partial charge on any atom is 0.357 e. The van der Waals surface area contributed by atoms with Crippen molar-refractivity contribution in [3.63, 3.8) is 0 Å². The SMILES string of the molecule is COC(=O)c1nc(-c2ccc(Br)c(Cl)c2)sc1C. The van der Waals surface area contributed by atoms with E-state index in [-0.39, 0.29) is 0 Å². The molecule has 94 valence electrons. The molecular formula is C12H9BrClNO2S. The lowest BCUT2D eigenvalue weighted by atomic mass is 10.2. The average Bonchev–Trinajstić information content (AvgIpc) is 2.74. The lowest BCUT2D eigenvalue weighted by molar-refractivity contribution is 0.0594. The van der Waals surface area contributed by atoms with Crippen LogP contribution in [0.3, 0.4) is 0 Å². The second-order valence-electron chi connectivity index (χ2n) is 3.54. The summed E-state index contributed by atoms with van der Waals surface area (Å²) in [4.78, 5) is 16.6. The first-order valence-electron chi connectivity index (χ1n) is 5.04. The summed E-state index contributed by atoms with van der Waals surface area (Å²) in [6.07, 6.45) is 0. The van der Waals surface area contributed by atoms with Crippen molar-refractivity contribution >= 4 is 44.8 Å². The maximum atomic E-state index is 11.5. The molecule has 0 saturated carbocycles. The van der Waals surface area contributed by atoms with E-state index in [1.807, 2.05) is 25.1 Å². The van der Waals surface area contributed by atoms with Gasteiger partial charge in [-0.3, -0.25) is 0 Å². The third-order valence-electron chi connectivity index (χ3n) is 2.34. The van der Waals surface area contributed by atoms with Gasteiger partial charge < -0.3 is 4.74 Å². The number of hydrogen-bond acceptors (Lipinski definition) is 4. The van der Waals surface area contributed by atoms with E-state index in [1.54, 1.807) is 0 Å². The molecule has 6 heteroatoms. The summed E-state index contributed by atoms with van der Waals surface area (Å²) in [7, 11) is 1.34. The van der Waals surface area contributed by atoms with Gasteiger partial charge in [0.15, 0.2) is 5.69 Å². The molecular weight excluding hydrogens is 338 g/mol. The monoisotopic (exact) mass is 345 g/mol. The molecule has 0 unspecified atom stereocenters. The van der Waals surface area contributed by atoms with Crippen molar-refractivity contribution < 1.29 is 9.53 Å². The Hall–Kier alpha value is -0.910. The molecule has 0 N–H and O–H groups in total. The number of carbonyl (C=O) groups is 1. The topological polar surface area (TPSA) is 39.2 Å². The van der Waals surface area contributed by atoms with Gasteiger partial charge in [0.1, 0.15) is 5.01 Å². The predicted octanol–water partition coefficient (Wildman–Crippen LogP) is 4.32. The number of rotatable bonds is 2. The summed E-state index contributed by atoms with van der Waals surface area (Å²) in [5, 5.41) is 1.36. The van der Waals surface area contributed by atoms with Gasteiger partial charge in [-0.1, -0.05) is 17.7 Å². The molecule has 0 amide bonds. The number of esters is 1. The number of halogens is 2. The van der Waals surface area contributed by atoms with Crippen LogP contribution >= 0.6 is 38.9 Å². The van der Waals surface area contributed by atoms with Crippen LogP contribution in [0.5, 0.6) is 0 Å². The number of nitrogens with zero attached hydrogens (tertiary/aromatic N) is 1. The standard InChI is InChI=1S/C12H9BrClNO2S/c1-6-10(12(16)17-2)15-11(18-6)7-3-4-8(13)9(14)5-7/h3-5H,1-2H3. The third-order valence-corrected chi connectivity index (χ3v) is 4.59. The minimum absolute atomic E-state index is 0.358. The first kappa shape index (κ1) is 13.5. The van der Waals surface area contributed by atoms with Crippen LogP contribution in [0.4, 0.5) is 0 Å². The fourth-order valence-electron chi connectivity index (χ4n) is 1.44. The van der Waals surface area contributed by atoms with Gasteiger partial charge in [-0.05, 0) is 35.0 Å². The van der Waals surface area contributed by atoms with E-state index in [9.17, 15) is 4.79 Å². The third kappa shape index (κ3) is 2.58. The zero-order chi connectivity index (χ0) is 13.3. The van der Waals surface area contributed by atoms with Crippen molar-refractivity contribution in [1.29, 1.82) is 0 Å². The van der Waals surface area contributed by atoms with Crippen molar-refractivity contribution in [1.82, 2.24) is 4.98 Å². The summed E-state index contributed by atoms with van der Waals surface area (Å²) in [6.45, 7) is 1.84. The van der Waals surface area contributed by atoms with E-state index in [4.69, 9.17) is 11.6 Å². The number of aryl methyl sites for hydroxylation is 1. The number of carbonyl (C=O) groups excluding carboxylic acids is 1. The molecule has 0 saturated heterocycles. The smallest absolute Gasteiger partial charge is 0.357 e. The summed E-state index contributed by atoms with van der Waals surface area (Å²) >= 11 is 10.8. The summed E-state index contributed by atoms with van der Waals surface area (Å²) in [5.41, 5.74) is 1.24. The van der Waals surface area contributed by atoms with Crippen LogP contribution in [0.2, 0.25) is 5.02 Å². The van der Waals surface area contributed by atoms with E-state index in [2.05, 4.69) is 25.7 Å². The molecule has 0 bridgehead atoms. The zero-order valence-corrected chi connectivity index (χ0v) is 12.8. The van der Waals surface area contributed by atoms with Gasteiger partial charge in [-0.2, -0.15) is 0 Å². The van der Waals surface area contributed by atoms with Crippen LogP contribution in [0.25, 0.3) is 10.6 Å². The fourth-order valence-corrected chi connectivity index (χ4v) is 2.76. The van der Waals surface area contributed by atoms with E-state index < -0.39 is 5.97 Å². The fraction of sp³-hybridized carbons (Fsp3) is 0.167. The van der Waals surface area contributed by atoms with Gasteiger partial charge in [-0.25, -0.2) is 9.78 Å². The molecule has 2 rings (SSSR count). The van der Waals surface area contributed by atoms with Gasteiger partial charge in [0.05, 0.1) is 12.1 Å².